The first-order chi connectivity index (χ1) is 9.34. The maximum Gasteiger partial charge on any atom is 0.350 e. The van der Waals surface area contributed by atoms with Crippen molar-refractivity contribution in [2.75, 3.05) is 23.3 Å². The third-order valence-corrected chi connectivity index (χ3v) is 7.02. The number of ether oxygens (including phenoxy) is 1. The zero-order valence-corrected chi connectivity index (χ0v) is 12.5. The van der Waals surface area contributed by atoms with E-state index in [2.05, 4.69) is 8.49 Å². The summed E-state index contributed by atoms with van der Waals surface area (Å²) in [4.78, 5) is 0. The molecule has 1 heterocycles. The summed E-state index contributed by atoms with van der Waals surface area (Å²) in [6.45, 7) is 0. The van der Waals surface area contributed by atoms with Gasteiger partial charge in [-0.05, 0) is 25.0 Å². The highest BCUT2D eigenvalue weighted by Gasteiger charge is 2.21. The van der Waals surface area contributed by atoms with Gasteiger partial charge in [0, 0.05) is 17.6 Å². The number of nitrogens with zero attached hydrogens (tertiary/aromatic N) is 1. The Kier molecular flexibility index (Phi) is 4.19. The highest BCUT2D eigenvalue weighted by Crippen LogP contribution is 2.26. The number of benzene rings is 1. The predicted molar refractivity (Wildman–Crippen MR) is 75.0 cm³/mol. The standard InChI is InChI=1S/C11H15FN2O4S2/c1-18-11-8-9(12)4-5-10(11)13-20(16,17)14-19(15)6-2-3-7-19/h4-5,8,13H,2-3,6-7H2,1H3. The predicted octanol–water partition coefficient (Wildman–Crippen LogP) is 1.75. The quantitative estimate of drug-likeness (QED) is 0.915. The molecule has 112 valence electrons. The van der Waals surface area contributed by atoms with Crippen LogP contribution in [0.4, 0.5) is 10.1 Å². The molecule has 9 heteroatoms. The van der Waals surface area contributed by atoms with Crippen LogP contribution in [-0.4, -0.2) is 31.2 Å². The van der Waals surface area contributed by atoms with Crippen LogP contribution < -0.4 is 9.46 Å². The van der Waals surface area contributed by atoms with Crippen molar-refractivity contribution in [2.24, 2.45) is 3.77 Å². The van der Waals surface area contributed by atoms with E-state index in [1.807, 2.05) is 0 Å². The van der Waals surface area contributed by atoms with Crippen molar-refractivity contribution in [3.05, 3.63) is 24.0 Å². The molecular weight excluding hydrogens is 307 g/mol. The van der Waals surface area contributed by atoms with Gasteiger partial charge in [0.15, 0.2) is 0 Å². The van der Waals surface area contributed by atoms with Crippen LogP contribution in [0.25, 0.3) is 0 Å². The fourth-order valence-corrected chi connectivity index (χ4v) is 6.05. The number of nitrogens with one attached hydrogen (secondary N) is 1. The first-order valence-electron chi connectivity index (χ1n) is 5.94. The molecule has 0 unspecified atom stereocenters. The minimum absolute atomic E-state index is 0.0325. The van der Waals surface area contributed by atoms with E-state index >= 15 is 0 Å². The van der Waals surface area contributed by atoms with Crippen molar-refractivity contribution in [3.63, 3.8) is 0 Å². The van der Waals surface area contributed by atoms with Gasteiger partial charge in [0.1, 0.15) is 11.6 Å². The molecule has 0 aromatic heterocycles. The lowest BCUT2D eigenvalue weighted by atomic mass is 10.3. The van der Waals surface area contributed by atoms with Gasteiger partial charge in [-0.25, -0.2) is 8.60 Å². The van der Waals surface area contributed by atoms with E-state index in [1.165, 1.54) is 13.2 Å². The molecule has 1 aliphatic heterocycles. The van der Waals surface area contributed by atoms with Gasteiger partial charge in [-0.3, -0.25) is 4.72 Å². The molecule has 20 heavy (non-hydrogen) atoms. The molecule has 0 aliphatic carbocycles. The summed E-state index contributed by atoms with van der Waals surface area (Å²) in [6.07, 6.45) is 1.41. The molecule has 0 radical (unpaired) electrons. The number of methoxy groups -OCH3 is 1. The van der Waals surface area contributed by atoms with Crippen LogP contribution in [0.1, 0.15) is 12.8 Å². The van der Waals surface area contributed by atoms with Gasteiger partial charge in [-0.15, -0.1) is 0 Å². The van der Waals surface area contributed by atoms with Crippen molar-refractivity contribution in [3.8, 4) is 5.75 Å². The molecule has 1 fully saturated rings. The van der Waals surface area contributed by atoms with E-state index in [1.54, 1.807) is 0 Å². The molecule has 2 rings (SSSR count). The summed E-state index contributed by atoms with van der Waals surface area (Å²) in [5.74, 6) is 0.0525. The number of hydrogen-bond acceptors (Lipinski definition) is 4. The smallest absolute Gasteiger partial charge is 0.350 e. The second-order valence-electron chi connectivity index (χ2n) is 4.38. The van der Waals surface area contributed by atoms with Gasteiger partial charge in [0.2, 0.25) is 0 Å². The molecule has 1 aromatic rings. The van der Waals surface area contributed by atoms with Crippen molar-refractivity contribution in [1.29, 1.82) is 0 Å². The van der Waals surface area contributed by atoms with E-state index in [0.29, 0.717) is 12.8 Å². The van der Waals surface area contributed by atoms with Crippen LogP contribution in [0.15, 0.2) is 22.0 Å². The summed E-state index contributed by atoms with van der Waals surface area (Å²) in [5, 5.41) is 0. The Morgan fingerprint density at radius 3 is 2.60 bits per heavy atom. The highest BCUT2D eigenvalue weighted by atomic mass is 32.3. The average molecular weight is 322 g/mol. The lowest BCUT2D eigenvalue weighted by molar-refractivity contribution is 0.413. The van der Waals surface area contributed by atoms with Gasteiger partial charge >= 0.3 is 10.2 Å². The van der Waals surface area contributed by atoms with Crippen molar-refractivity contribution in [2.45, 2.75) is 12.8 Å². The maximum absolute atomic E-state index is 13.0. The van der Waals surface area contributed by atoms with E-state index in [-0.39, 0.29) is 22.9 Å². The monoisotopic (exact) mass is 322 g/mol. The molecular formula is C11H15FN2O4S2. The zero-order chi connectivity index (χ0) is 14.8. The Morgan fingerprint density at radius 1 is 1.35 bits per heavy atom. The number of halogens is 1. The van der Waals surface area contributed by atoms with E-state index in [9.17, 15) is 17.0 Å². The summed E-state index contributed by atoms with van der Waals surface area (Å²) in [6, 6.07) is 3.37. The van der Waals surface area contributed by atoms with Gasteiger partial charge in [-0.2, -0.15) is 8.42 Å². The SMILES string of the molecule is COc1cc(F)ccc1NS(=O)(=O)N=S1(=O)CCCC1. The molecule has 1 N–H and O–H groups in total. The lowest BCUT2D eigenvalue weighted by Crippen LogP contribution is -2.14. The molecule has 0 bridgehead atoms. The van der Waals surface area contributed by atoms with Gasteiger partial charge in [-0.1, -0.05) is 3.77 Å². The Bertz CT molecular complexity index is 712. The summed E-state index contributed by atoms with van der Waals surface area (Å²) < 4.78 is 59.5. The van der Waals surface area contributed by atoms with Crippen LogP contribution in [0.5, 0.6) is 5.75 Å². The zero-order valence-electron chi connectivity index (χ0n) is 10.8. The Morgan fingerprint density at radius 2 is 2.00 bits per heavy atom. The third kappa shape index (κ3) is 3.60. The maximum atomic E-state index is 13.0. The number of rotatable bonds is 4. The second-order valence-corrected chi connectivity index (χ2v) is 8.50. The van der Waals surface area contributed by atoms with Gasteiger partial charge < -0.3 is 4.74 Å². The molecule has 6 nitrogen and oxygen atoms in total. The molecule has 0 saturated carbocycles. The molecule has 1 aromatic carbocycles. The van der Waals surface area contributed by atoms with Crippen LogP contribution >= 0.6 is 0 Å². The van der Waals surface area contributed by atoms with Gasteiger partial charge in [0.25, 0.3) is 0 Å². The van der Waals surface area contributed by atoms with Crippen molar-refractivity contribution in [1.82, 2.24) is 0 Å². The van der Waals surface area contributed by atoms with Crippen molar-refractivity contribution >= 4 is 25.6 Å². The Balaban J connectivity index is 2.32. The second kappa shape index (κ2) is 5.57. The van der Waals surface area contributed by atoms with E-state index in [4.69, 9.17) is 4.74 Å². The Hall–Kier alpha value is -1.35. The average Bonchev–Trinajstić information content (AvgIpc) is 2.76. The molecule has 1 aliphatic rings. The normalized spacial score (nSPS) is 17.7. The fourth-order valence-electron chi connectivity index (χ4n) is 1.92. The highest BCUT2D eigenvalue weighted by molar-refractivity contribution is 8.03. The first-order valence-corrected chi connectivity index (χ1v) is 9.23. The molecule has 0 atom stereocenters. The molecule has 0 spiro atoms. The third-order valence-electron chi connectivity index (χ3n) is 2.81. The van der Waals surface area contributed by atoms with E-state index < -0.39 is 25.8 Å². The lowest BCUT2D eigenvalue weighted by Gasteiger charge is -2.10. The van der Waals surface area contributed by atoms with Crippen LogP contribution in [0, 0.1) is 5.82 Å². The first kappa shape index (κ1) is 15.0. The fraction of sp³-hybridized carbons (Fsp3) is 0.455. The van der Waals surface area contributed by atoms with Crippen LogP contribution in [0.3, 0.4) is 0 Å². The summed E-state index contributed by atoms with van der Waals surface area (Å²) >= 11 is 0. The topological polar surface area (TPSA) is 84.8 Å². The van der Waals surface area contributed by atoms with Gasteiger partial charge in [0.05, 0.1) is 22.5 Å². The van der Waals surface area contributed by atoms with Crippen LogP contribution in [-0.2, 0) is 19.9 Å². The van der Waals surface area contributed by atoms with Crippen molar-refractivity contribution < 1.29 is 21.8 Å². The minimum Gasteiger partial charge on any atom is -0.494 e. The van der Waals surface area contributed by atoms with Crippen LogP contribution in [0.2, 0.25) is 0 Å². The Labute approximate surface area is 117 Å². The minimum atomic E-state index is -4.12. The summed E-state index contributed by atoms with van der Waals surface area (Å²) in [5.41, 5.74) is 0.0543. The number of hydrogen-bond donors (Lipinski definition) is 1. The largest absolute Gasteiger partial charge is 0.494 e. The van der Waals surface area contributed by atoms with E-state index in [0.717, 1.165) is 12.1 Å². The molecule has 1 saturated heterocycles. The number of anilines is 1. The summed E-state index contributed by atoms with van der Waals surface area (Å²) in [7, 11) is -5.53. The molecule has 0 amide bonds.